The molecule has 6 heteroatoms. The van der Waals surface area contributed by atoms with E-state index in [1.807, 2.05) is 19.1 Å². The number of hydrogen-bond donors (Lipinski definition) is 3. The highest BCUT2D eigenvalue weighted by Crippen LogP contribution is 2.18. The van der Waals surface area contributed by atoms with Gasteiger partial charge in [0.1, 0.15) is 11.5 Å². The number of unbranched alkanes of at least 4 members (excludes halogenated alkanes) is 1. The Morgan fingerprint density at radius 1 is 1.08 bits per heavy atom. The molecular weight excluding hydrogens is 320 g/mol. The van der Waals surface area contributed by atoms with Crippen LogP contribution >= 0.6 is 0 Å². The van der Waals surface area contributed by atoms with Crippen LogP contribution in [0.2, 0.25) is 0 Å². The minimum Gasteiger partial charge on any atom is -0.508 e. The van der Waals surface area contributed by atoms with Crippen molar-refractivity contribution >= 4 is 11.9 Å². The second kappa shape index (κ2) is 9.44. The Kier molecular flexibility index (Phi) is 6.98. The second-order valence-electron chi connectivity index (χ2n) is 5.54. The van der Waals surface area contributed by atoms with Crippen molar-refractivity contribution < 1.29 is 19.4 Å². The summed E-state index contributed by atoms with van der Waals surface area (Å²) in [6, 6.07) is 13.1. The zero-order chi connectivity index (χ0) is 18.1. The van der Waals surface area contributed by atoms with E-state index in [4.69, 9.17) is 4.74 Å². The largest absolute Gasteiger partial charge is 0.508 e. The first-order valence-electron chi connectivity index (χ1n) is 8.21. The van der Waals surface area contributed by atoms with Gasteiger partial charge < -0.3 is 9.84 Å². The highest BCUT2D eigenvalue weighted by molar-refractivity contribution is 5.93. The van der Waals surface area contributed by atoms with Crippen LogP contribution in [0.15, 0.2) is 48.5 Å². The normalized spacial score (nSPS) is 10.3. The zero-order valence-electron chi connectivity index (χ0n) is 14.1. The standard InChI is InChI=1S/C19H22N2O4/c1-2-3-8-18(23)25-17-7-5-4-6-15(17)13-20-21-19(24)14-9-11-16(22)12-10-14/h4-7,9-12,20,22H,2-3,8,13H2,1H3,(H,21,24). The first-order valence-corrected chi connectivity index (χ1v) is 8.21. The number of amides is 1. The molecule has 132 valence electrons. The Morgan fingerprint density at radius 3 is 2.52 bits per heavy atom. The Labute approximate surface area is 146 Å². The molecular formula is C19H22N2O4. The van der Waals surface area contributed by atoms with Crippen molar-refractivity contribution in [1.82, 2.24) is 10.9 Å². The number of ether oxygens (including phenoxy) is 1. The number of carbonyl (C=O) groups is 2. The van der Waals surface area contributed by atoms with Gasteiger partial charge in [0.25, 0.3) is 5.91 Å². The number of rotatable bonds is 8. The lowest BCUT2D eigenvalue weighted by Gasteiger charge is -2.12. The Hall–Kier alpha value is -2.86. The van der Waals surface area contributed by atoms with Gasteiger partial charge >= 0.3 is 5.97 Å². The summed E-state index contributed by atoms with van der Waals surface area (Å²) in [5, 5.41) is 9.23. The highest BCUT2D eigenvalue weighted by atomic mass is 16.5. The van der Waals surface area contributed by atoms with Gasteiger partial charge in [0.15, 0.2) is 0 Å². The van der Waals surface area contributed by atoms with E-state index in [1.54, 1.807) is 12.1 Å². The van der Waals surface area contributed by atoms with Crippen LogP contribution in [0.5, 0.6) is 11.5 Å². The summed E-state index contributed by atoms with van der Waals surface area (Å²) >= 11 is 0. The number of hydrogen-bond acceptors (Lipinski definition) is 5. The van der Waals surface area contributed by atoms with Crippen LogP contribution in [0.3, 0.4) is 0 Å². The Balaban J connectivity index is 1.89. The Bertz CT molecular complexity index is 714. The summed E-state index contributed by atoms with van der Waals surface area (Å²) < 4.78 is 5.38. The van der Waals surface area contributed by atoms with Gasteiger partial charge in [0, 0.05) is 24.1 Å². The molecule has 0 saturated heterocycles. The molecule has 0 fully saturated rings. The van der Waals surface area contributed by atoms with Crippen LogP contribution in [-0.4, -0.2) is 17.0 Å². The van der Waals surface area contributed by atoms with E-state index < -0.39 is 0 Å². The van der Waals surface area contributed by atoms with Gasteiger partial charge in [-0.1, -0.05) is 31.5 Å². The van der Waals surface area contributed by atoms with Gasteiger partial charge in [0.2, 0.25) is 0 Å². The quantitative estimate of drug-likeness (QED) is 0.390. The van der Waals surface area contributed by atoms with E-state index >= 15 is 0 Å². The van der Waals surface area contributed by atoms with Crippen molar-refractivity contribution in [3.05, 3.63) is 59.7 Å². The number of esters is 1. The third-order valence-corrected chi connectivity index (χ3v) is 3.54. The van der Waals surface area contributed by atoms with Gasteiger partial charge in [-0.15, -0.1) is 0 Å². The van der Waals surface area contributed by atoms with Gasteiger partial charge in [-0.2, -0.15) is 0 Å². The molecule has 0 spiro atoms. The van der Waals surface area contributed by atoms with E-state index in [-0.39, 0.29) is 17.6 Å². The number of para-hydroxylation sites is 1. The third-order valence-electron chi connectivity index (χ3n) is 3.54. The predicted molar refractivity (Wildman–Crippen MR) is 94.0 cm³/mol. The van der Waals surface area contributed by atoms with Crippen molar-refractivity contribution in [1.29, 1.82) is 0 Å². The summed E-state index contributed by atoms with van der Waals surface area (Å²) in [5.74, 6) is -0.00170. The third kappa shape index (κ3) is 5.93. The minimum atomic E-state index is -0.322. The number of phenols is 1. The molecule has 0 heterocycles. The molecule has 0 radical (unpaired) electrons. The topological polar surface area (TPSA) is 87.7 Å². The van der Waals surface area contributed by atoms with Gasteiger partial charge in [-0.05, 0) is 36.8 Å². The molecule has 1 amide bonds. The van der Waals surface area contributed by atoms with Crippen molar-refractivity contribution in [3.63, 3.8) is 0 Å². The summed E-state index contributed by atoms with van der Waals surface area (Å²) in [7, 11) is 0. The van der Waals surface area contributed by atoms with Crippen LogP contribution in [0.1, 0.15) is 42.1 Å². The van der Waals surface area contributed by atoms with Crippen LogP contribution in [0, 0.1) is 0 Å². The maximum absolute atomic E-state index is 12.0. The number of nitrogens with one attached hydrogen (secondary N) is 2. The molecule has 2 rings (SSSR count). The molecule has 2 aromatic rings. The molecule has 0 saturated carbocycles. The maximum Gasteiger partial charge on any atom is 0.311 e. The van der Waals surface area contributed by atoms with E-state index in [2.05, 4.69) is 10.9 Å². The van der Waals surface area contributed by atoms with Gasteiger partial charge in [-0.25, -0.2) is 5.43 Å². The molecule has 6 nitrogen and oxygen atoms in total. The number of phenolic OH excluding ortho intramolecular Hbond substituents is 1. The predicted octanol–water partition coefficient (Wildman–Crippen LogP) is 2.92. The molecule has 2 aromatic carbocycles. The lowest BCUT2D eigenvalue weighted by atomic mass is 10.2. The number of benzene rings is 2. The number of aromatic hydroxyl groups is 1. The summed E-state index contributed by atoms with van der Waals surface area (Å²) in [6.45, 7) is 2.32. The molecule has 0 aliphatic carbocycles. The van der Waals surface area contributed by atoms with E-state index in [9.17, 15) is 14.7 Å². The van der Waals surface area contributed by atoms with Crippen molar-refractivity contribution in [2.24, 2.45) is 0 Å². The van der Waals surface area contributed by atoms with E-state index in [1.165, 1.54) is 24.3 Å². The van der Waals surface area contributed by atoms with Crippen LogP contribution in [-0.2, 0) is 11.3 Å². The minimum absolute atomic E-state index is 0.100. The molecule has 0 unspecified atom stereocenters. The average molecular weight is 342 g/mol. The maximum atomic E-state index is 12.0. The average Bonchev–Trinajstić information content (AvgIpc) is 2.62. The Morgan fingerprint density at radius 2 is 1.80 bits per heavy atom. The van der Waals surface area contributed by atoms with E-state index in [0.717, 1.165) is 18.4 Å². The molecule has 0 aliphatic heterocycles. The van der Waals surface area contributed by atoms with Crippen LogP contribution in [0.4, 0.5) is 0 Å². The fourth-order valence-corrected chi connectivity index (χ4v) is 2.15. The molecule has 25 heavy (non-hydrogen) atoms. The van der Waals surface area contributed by atoms with Crippen molar-refractivity contribution in [3.8, 4) is 11.5 Å². The van der Waals surface area contributed by atoms with Gasteiger partial charge in [-0.3, -0.25) is 15.0 Å². The molecule has 3 N–H and O–H groups in total. The summed E-state index contributed by atoms with van der Waals surface area (Å²) in [6.07, 6.45) is 2.11. The fourth-order valence-electron chi connectivity index (χ4n) is 2.15. The molecule has 0 aromatic heterocycles. The molecule has 0 atom stereocenters. The lowest BCUT2D eigenvalue weighted by molar-refractivity contribution is -0.134. The summed E-state index contributed by atoms with van der Waals surface area (Å²) in [5.41, 5.74) is 6.57. The fraction of sp³-hybridized carbons (Fsp3) is 0.263. The zero-order valence-corrected chi connectivity index (χ0v) is 14.1. The monoisotopic (exact) mass is 342 g/mol. The molecule has 0 aliphatic rings. The van der Waals surface area contributed by atoms with Crippen molar-refractivity contribution in [2.75, 3.05) is 0 Å². The molecule has 0 bridgehead atoms. The number of hydrazine groups is 1. The van der Waals surface area contributed by atoms with Crippen molar-refractivity contribution in [2.45, 2.75) is 32.7 Å². The van der Waals surface area contributed by atoms with Gasteiger partial charge in [0.05, 0.1) is 0 Å². The number of carbonyl (C=O) groups excluding carboxylic acids is 2. The smallest absolute Gasteiger partial charge is 0.311 e. The SMILES string of the molecule is CCCCC(=O)Oc1ccccc1CNNC(=O)c1ccc(O)cc1. The van der Waals surface area contributed by atoms with Crippen LogP contribution < -0.4 is 15.6 Å². The summed E-state index contributed by atoms with van der Waals surface area (Å²) in [4.78, 5) is 23.8. The lowest BCUT2D eigenvalue weighted by Crippen LogP contribution is -2.36. The first kappa shape index (κ1) is 18.5. The second-order valence-corrected chi connectivity index (χ2v) is 5.54. The first-order chi connectivity index (χ1) is 12.1. The highest BCUT2D eigenvalue weighted by Gasteiger charge is 2.09. The van der Waals surface area contributed by atoms with Crippen LogP contribution in [0.25, 0.3) is 0 Å². The van der Waals surface area contributed by atoms with E-state index in [0.29, 0.717) is 24.3 Å².